The van der Waals surface area contributed by atoms with Gasteiger partial charge in [-0.15, -0.1) is 0 Å². The molecule has 1 amide bonds. The van der Waals surface area contributed by atoms with E-state index in [1.165, 1.54) is 0 Å². The number of pyridine rings is 2. The Morgan fingerprint density at radius 3 is 2.58 bits per heavy atom. The van der Waals surface area contributed by atoms with E-state index >= 15 is 0 Å². The second kappa shape index (κ2) is 14.3. The molecule has 12 nitrogen and oxygen atoms in total. The van der Waals surface area contributed by atoms with Crippen LogP contribution in [-0.2, 0) is 17.9 Å². The third kappa shape index (κ3) is 6.74. The van der Waals surface area contributed by atoms with Crippen molar-refractivity contribution in [2.75, 3.05) is 36.8 Å². The van der Waals surface area contributed by atoms with Crippen LogP contribution < -0.4 is 10.6 Å². The molecule has 2 fully saturated rings. The minimum atomic E-state index is -0.752. The number of carbonyl (C=O) groups excluding carboxylic acids is 1. The van der Waals surface area contributed by atoms with E-state index in [1.807, 2.05) is 66.3 Å². The Balaban J connectivity index is 1.00. The summed E-state index contributed by atoms with van der Waals surface area (Å²) in [7, 11) is 0. The van der Waals surface area contributed by atoms with Gasteiger partial charge in [0.15, 0.2) is 11.5 Å². The van der Waals surface area contributed by atoms with Crippen LogP contribution in [0.4, 0.5) is 17.2 Å². The Labute approximate surface area is 306 Å². The normalized spacial score (nSPS) is 20.6. The molecule has 268 valence electrons. The van der Waals surface area contributed by atoms with E-state index < -0.39 is 5.97 Å². The van der Waals surface area contributed by atoms with Crippen LogP contribution in [-0.4, -0.2) is 83.9 Å². The number of fused-ring (bicyclic) bond motifs is 2. The first-order valence-electron chi connectivity index (χ1n) is 17.9. The fraction of sp³-hybridized carbons (Fsp3) is 0.359. The number of halogens is 1. The van der Waals surface area contributed by atoms with Crippen LogP contribution in [0.25, 0.3) is 22.0 Å². The lowest BCUT2D eigenvalue weighted by atomic mass is 9.98. The van der Waals surface area contributed by atoms with Crippen molar-refractivity contribution < 1.29 is 19.8 Å². The van der Waals surface area contributed by atoms with Crippen LogP contribution in [0.1, 0.15) is 59.0 Å². The Kier molecular flexibility index (Phi) is 9.39. The number of likely N-dealkylation sites (tertiary alicyclic amines) is 2. The van der Waals surface area contributed by atoms with Gasteiger partial charge in [0.05, 0.1) is 34.5 Å². The number of aliphatic hydroxyl groups is 1. The van der Waals surface area contributed by atoms with E-state index in [0.717, 1.165) is 84.3 Å². The first-order chi connectivity index (χ1) is 25.2. The lowest BCUT2D eigenvalue weighted by molar-refractivity contribution is -0.141. The largest absolute Gasteiger partial charge is 0.481 e. The average molecular weight is 721 g/mol. The summed E-state index contributed by atoms with van der Waals surface area (Å²) in [5, 5.41) is 32.0. The van der Waals surface area contributed by atoms with Crippen LogP contribution in [0.15, 0.2) is 67.0 Å². The summed E-state index contributed by atoms with van der Waals surface area (Å²) in [4.78, 5) is 39.0. The number of carboxylic acid groups (broad SMARTS) is 1. The molecule has 13 heteroatoms. The van der Waals surface area contributed by atoms with Crippen LogP contribution in [0, 0.1) is 12.8 Å². The Morgan fingerprint density at radius 1 is 0.962 bits per heavy atom. The van der Waals surface area contributed by atoms with Gasteiger partial charge in [0.1, 0.15) is 5.52 Å². The monoisotopic (exact) mass is 720 g/mol. The van der Waals surface area contributed by atoms with E-state index in [-0.39, 0.29) is 24.0 Å². The molecular formula is C39H41ClN8O4. The molecule has 3 atom stereocenters. The Bertz CT molecular complexity index is 2170. The highest BCUT2D eigenvalue weighted by Crippen LogP contribution is 2.39. The summed E-state index contributed by atoms with van der Waals surface area (Å²) < 4.78 is 1.90. The Hall–Kier alpha value is -4.88. The number of benzene rings is 2. The topological polar surface area (TPSA) is 149 Å². The number of aliphatic hydroxyl groups excluding tert-OH is 1. The quantitative estimate of drug-likeness (QED) is 0.138. The Morgan fingerprint density at radius 2 is 1.79 bits per heavy atom. The van der Waals surface area contributed by atoms with Crippen molar-refractivity contribution in [3.63, 3.8) is 0 Å². The molecule has 3 aliphatic rings. The molecule has 3 aromatic heterocycles. The van der Waals surface area contributed by atoms with Crippen molar-refractivity contribution in [3.8, 4) is 11.1 Å². The highest BCUT2D eigenvalue weighted by molar-refractivity contribution is 6.36. The van der Waals surface area contributed by atoms with E-state index in [9.17, 15) is 19.8 Å². The molecule has 8 rings (SSSR count). The number of aryl methyl sites for hydroxylation is 1. The third-order valence-corrected chi connectivity index (χ3v) is 11.1. The predicted octanol–water partition coefficient (Wildman–Crippen LogP) is 6.26. The molecule has 1 unspecified atom stereocenters. The molecule has 2 aromatic carbocycles. The molecule has 6 heterocycles. The lowest BCUT2D eigenvalue weighted by Crippen LogP contribution is -2.32. The molecular weight excluding hydrogens is 680 g/mol. The molecule has 5 aromatic rings. The summed E-state index contributed by atoms with van der Waals surface area (Å²) in [6.07, 6.45) is 6.61. The number of nitrogens with one attached hydrogen (secondary N) is 2. The molecule has 52 heavy (non-hydrogen) atoms. The fourth-order valence-corrected chi connectivity index (χ4v) is 8.20. The van der Waals surface area contributed by atoms with Gasteiger partial charge in [-0.1, -0.05) is 35.9 Å². The van der Waals surface area contributed by atoms with Gasteiger partial charge in [-0.3, -0.25) is 29.1 Å². The number of carbonyl (C=O) groups is 2. The molecule has 0 bridgehead atoms. The van der Waals surface area contributed by atoms with Crippen molar-refractivity contribution in [1.82, 2.24) is 29.5 Å². The van der Waals surface area contributed by atoms with Gasteiger partial charge in [-0.05, 0) is 86.2 Å². The number of anilines is 3. The number of aromatic nitrogens is 4. The molecule has 0 spiro atoms. The number of hydrogen-bond acceptors (Lipinski definition) is 9. The van der Waals surface area contributed by atoms with Crippen molar-refractivity contribution >= 4 is 51.6 Å². The maximum atomic E-state index is 13.6. The highest BCUT2D eigenvalue weighted by Gasteiger charge is 2.36. The second-order valence-corrected chi connectivity index (χ2v) is 14.5. The second-order valence-electron chi connectivity index (χ2n) is 14.1. The van der Waals surface area contributed by atoms with Gasteiger partial charge >= 0.3 is 5.97 Å². The molecule has 3 aliphatic heterocycles. The van der Waals surface area contributed by atoms with Crippen molar-refractivity contribution in [3.05, 3.63) is 94.5 Å². The van der Waals surface area contributed by atoms with E-state index in [1.54, 1.807) is 6.20 Å². The number of β-amino-alcohol motifs (C(OH)–C–C–N with tert-alkyl or cyclic N) is 1. The molecule has 2 saturated heterocycles. The van der Waals surface area contributed by atoms with Crippen molar-refractivity contribution in [2.24, 2.45) is 5.92 Å². The maximum absolute atomic E-state index is 13.6. The third-order valence-electron chi connectivity index (χ3n) is 10.7. The smallest absolute Gasteiger partial charge is 0.307 e. The molecule has 4 N–H and O–H groups in total. The van der Waals surface area contributed by atoms with Crippen molar-refractivity contribution in [2.45, 2.75) is 57.8 Å². The van der Waals surface area contributed by atoms with E-state index in [4.69, 9.17) is 16.6 Å². The number of carboxylic acids is 1. The standard InChI is InChI=1S/C39H41ClN8O4/c1-23-28(5-2-7-30(23)44-38(50)32-18-34-33(9-4-14-48(34)45-32)47-16-11-26(21-47)39(51)52)29-6-3-8-31(35(29)40)43-37-36-25(10-13-41-37)17-24(19-42-36)20-46-15-12-27(49)22-46/h2-3,5-8,10,13,17-19,26-27,33,49H,4,9,11-12,14-16,20-22H2,1H3,(H,41,43)(H,44,50)(H,51,52)/t26-,27-,33?/m1/s1. The summed E-state index contributed by atoms with van der Waals surface area (Å²) in [6.45, 7) is 6.20. The van der Waals surface area contributed by atoms with E-state index in [2.05, 4.69) is 36.6 Å². The average Bonchev–Trinajstić information content (AvgIpc) is 3.90. The first-order valence-corrected chi connectivity index (χ1v) is 18.2. The summed E-state index contributed by atoms with van der Waals surface area (Å²) in [5.41, 5.74) is 6.97. The minimum Gasteiger partial charge on any atom is -0.481 e. The van der Waals surface area contributed by atoms with Crippen LogP contribution in [0.3, 0.4) is 0 Å². The fourth-order valence-electron chi connectivity index (χ4n) is 7.92. The highest BCUT2D eigenvalue weighted by atomic mass is 35.5. The molecule has 0 radical (unpaired) electrons. The first kappa shape index (κ1) is 34.2. The molecule has 0 saturated carbocycles. The zero-order valence-electron chi connectivity index (χ0n) is 28.9. The zero-order valence-corrected chi connectivity index (χ0v) is 29.7. The zero-order chi connectivity index (χ0) is 35.9. The SMILES string of the molecule is Cc1c(NC(=O)c2cc3n(n2)CCCC3N2CC[C@@H](C(=O)O)C2)cccc1-c1cccc(Nc2nccc3cc(CN4CC[C@@H](O)C4)cnc23)c1Cl. The van der Waals surface area contributed by atoms with Crippen molar-refractivity contribution in [1.29, 1.82) is 0 Å². The summed E-state index contributed by atoms with van der Waals surface area (Å²) in [5.74, 6) is -0.820. The maximum Gasteiger partial charge on any atom is 0.307 e. The van der Waals surface area contributed by atoms with Gasteiger partial charge < -0.3 is 20.8 Å². The lowest BCUT2D eigenvalue weighted by Gasteiger charge is -2.31. The minimum absolute atomic E-state index is 0.0493. The van der Waals surface area contributed by atoms with Gasteiger partial charge in [0.25, 0.3) is 5.91 Å². The molecule has 0 aliphatic carbocycles. The summed E-state index contributed by atoms with van der Waals surface area (Å²) >= 11 is 7.08. The van der Waals surface area contributed by atoms with Gasteiger partial charge in [-0.2, -0.15) is 5.10 Å². The number of rotatable bonds is 9. The van der Waals surface area contributed by atoms with Gasteiger partial charge in [0, 0.05) is 61.8 Å². The number of nitrogens with zero attached hydrogens (tertiary/aromatic N) is 6. The van der Waals surface area contributed by atoms with E-state index in [0.29, 0.717) is 47.4 Å². The van der Waals surface area contributed by atoms with Crippen LogP contribution in [0.5, 0.6) is 0 Å². The van der Waals surface area contributed by atoms with Crippen LogP contribution in [0.2, 0.25) is 5.02 Å². The number of hydrogen-bond donors (Lipinski definition) is 4. The number of aliphatic carboxylic acids is 1. The van der Waals surface area contributed by atoms with Crippen LogP contribution >= 0.6 is 11.6 Å². The summed E-state index contributed by atoms with van der Waals surface area (Å²) in [6, 6.07) is 17.5. The predicted molar refractivity (Wildman–Crippen MR) is 200 cm³/mol. The van der Waals surface area contributed by atoms with Gasteiger partial charge in [0.2, 0.25) is 0 Å². The number of amides is 1. The van der Waals surface area contributed by atoms with Gasteiger partial charge in [-0.25, -0.2) is 4.98 Å².